The molecule has 1 aromatic carbocycles. The Morgan fingerprint density at radius 1 is 1.50 bits per heavy atom. The normalized spacial score (nSPS) is 10.3. The van der Waals surface area contributed by atoms with Crippen LogP contribution in [0.1, 0.15) is 17.4 Å². The maximum Gasteiger partial charge on any atom is 0.172 e. The first-order valence-electron chi connectivity index (χ1n) is 5.41. The number of nitrogens with zero attached hydrogens (tertiary/aromatic N) is 3. The van der Waals surface area contributed by atoms with Gasteiger partial charge < -0.3 is 0 Å². The molecular formula is C13H12FN3O. The lowest BCUT2D eigenvalue weighted by Crippen LogP contribution is -2.04. The highest BCUT2D eigenvalue weighted by atomic mass is 19.1. The summed E-state index contributed by atoms with van der Waals surface area (Å²) in [6, 6.07) is 6.22. The van der Waals surface area contributed by atoms with Crippen LogP contribution in [0, 0.1) is 5.82 Å². The van der Waals surface area contributed by atoms with Crippen molar-refractivity contribution in [2.24, 2.45) is 0 Å². The summed E-state index contributed by atoms with van der Waals surface area (Å²) >= 11 is 0. The van der Waals surface area contributed by atoms with Crippen molar-refractivity contribution in [1.82, 2.24) is 15.0 Å². The molecule has 1 aromatic heterocycles. The number of hydrogen-bond donors (Lipinski definition) is 0. The number of carbonyl (C=O) groups excluding carboxylic acids is 1. The number of carbonyl (C=O) groups is 1. The zero-order chi connectivity index (χ0) is 13.1. The van der Waals surface area contributed by atoms with E-state index in [2.05, 4.69) is 16.9 Å². The molecule has 0 unspecified atom stereocenters. The van der Waals surface area contributed by atoms with E-state index in [-0.39, 0.29) is 5.69 Å². The van der Waals surface area contributed by atoms with Crippen LogP contribution >= 0.6 is 0 Å². The third kappa shape index (κ3) is 2.20. The molecule has 0 atom stereocenters. The van der Waals surface area contributed by atoms with Crippen LogP contribution in [-0.4, -0.2) is 21.3 Å². The van der Waals surface area contributed by atoms with Crippen LogP contribution in [0.5, 0.6) is 0 Å². The van der Waals surface area contributed by atoms with Crippen molar-refractivity contribution in [2.45, 2.75) is 13.5 Å². The van der Waals surface area contributed by atoms with Gasteiger partial charge in [-0.05, 0) is 19.1 Å². The number of benzene rings is 1. The maximum atomic E-state index is 13.8. The van der Waals surface area contributed by atoms with Gasteiger partial charge >= 0.3 is 0 Å². The molecule has 0 aliphatic heterocycles. The van der Waals surface area contributed by atoms with Gasteiger partial charge in [-0.25, -0.2) is 9.07 Å². The summed E-state index contributed by atoms with van der Waals surface area (Å²) in [4.78, 5) is 11.0. The molecule has 0 saturated carbocycles. The van der Waals surface area contributed by atoms with Crippen molar-refractivity contribution in [3.05, 3.63) is 47.9 Å². The molecule has 0 spiro atoms. The predicted molar refractivity (Wildman–Crippen MR) is 65.6 cm³/mol. The van der Waals surface area contributed by atoms with Gasteiger partial charge in [0, 0.05) is 5.56 Å². The topological polar surface area (TPSA) is 47.8 Å². The van der Waals surface area contributed by atoms with Gasteiger partial charge in [0.15, 0.2) is 12.0 Å². The van der Waals surface area contributed by atoms with Crippen LogP contribution < -0.4 is 0 Å². The number of hydrogen-bond acceptors (Lipinski definition) is 3. The van der Waals surface area contributed by atoms with Crippen LogP contribution in [0.2, 0.25) is 0 Å². The molecular weight excluding hydrogens is 233 g/mol. The Morgan fingerprint density at radius 3 is 2.83 bits per heavy atom. The monoisotopic (exact) mass is 245 g/mol. The molecule has 2 aromatic rings. The van der Waals surface area contributed by atoms with E-state index >= 15 is 0 Å². The highest BCUT2D eigenvalue weighted by Gasteiger charge is 2.17. The lowest BCUT2D eigenvalue weighted by Gasteiger charge is -2.07. The minimum absolute atomic E-state index is 0.126. The van der Waals surface area contributed by atoms with E-state index in [0.29, 0.717) is 24.1 Å². The molecule has 5 heteroatoms. The number of halogens is 1. The highest BCUT2D eigenvalue weighted by Crippen LogP contribution is 2.24. The molecule has 0 N–H and O–H groups in total. The zero-order valence-corrected chi connectivity index (χ0v) is 9.93. The smallest absolute Gasteiger partial charge is 0.172 e. The van der Waals surface area contributed by atoms with Gasteiger partial charge in [-0.15, -0.1) is 5.10 Å². The molecule has 0 aliphatic carbocycles. The third-order valence-corrected chi connectivity index (χ3v) is 2.42. The second kappa shape index (κ2) is 4.91. The van der Waals surface area contributed by atoms with Crippen molar-refractivity contribution in [2.75, 3.05) is 0 Å². The van der Waals surface area contributed by atoms with Gasteiger partial charge in [-0.1, -0.05) is 29.5 Å². The molecule has 1 heterocycles. The second-order valence-electron chi connectivity index (χ2n) is 4.04. The number of aldehydes is 1. The van der Waals surface area contributed by atoms with Crippen LogP contribution in [0.3, 0.4) is 0 Å². The zero-order valence-electron chi connectivity index (χ0n) is 9.93. The fraction of sp³-hybridized carbons (Fsp3) is 0.154. The SMILES string of the molecule is C=C(C)Cn1nnc(C=O)c1-c1ccccc1F. The molecule has 0 radical (unpaired) electrons. The Balaban J connectivity index is 2.61. The van der Waals surface area contributed by atoms with Crippen LogP contribution in [-0.2, 0) is 6.54 Å². The van der Waals surface area contributed by atoms with Crippen molar-refractivity contribution in [1.29, 1.82) is 0 Å². The molecule has 4 nitrogen and oxygen atoms in total. The van der Waals surface area contributed by atoms with E-state index in [9.17, 15) is 9.18 Å². The largest absolute Gasteiger partial charge is 0.296 e. The highest BCUT2D eigenvalue weighted by molar-refractivity contribution is 5.83. The van der Waals surface area contributed by atoms with Gasteiger partial charge in [-0.2, -0.15) is 0 Å². The minimum Gasteiger partial charge on any atom is -0.296 e. The Morgan fingerprint density at radius 2 is 2.22 bits per heavy atom. The van der Waals surface area contributed by atoms with Gasteiger partial charge in [-0.3, -0.25) is 4.79 Å². The predicted octanol–water partition coefficient (Wildman–Crippen LogP) is 2.47. The third-order valence-electron chi connectivity index (χ3n) is 2.42. The summed E-state index contributed by atoms with van der Waals surface area (Å²) in [5.41, 5.74) is 1.66. The second-order valence-corrected chi connectivity index (χ2v) is 4.04. The van der Waals surface area contributed by atoms with E-state index in [1.165, 1.54) is 10.7 Å². The molecule has 0 bridgehead atoms. The van der Waals surface area contributed by atoms with E-state index in [1.54, 1.807) is 18.2 Å². The van der Waals surface area contributed by atoms with E-state index < -0.39 is 5.82 Å². The van der Waals surface area contributed by atoms with E-state index in [4.69, 9.17) is 0 Å². The molecule has 0 amide bonds. The Hall–Kier alpha value is -2.30. The van der Waals surface area contributed by atoms with Crippen molar-refractivity contribution in [3.8, 4) is 11.3 Å². The fourth-order valence-electron chi connectivity index (χ4n) is 1.70. The molecule has 0 saturated heterocycles. The molecule has 18 heavy (non-hydrogen) atoms. The summed E-state index contributed by atoms with van der Waals surface area (Å²) in [6.45, 7) is 5.99. The quantitative estimate of drug-likeness (QED) is 0.614. The summed E-state index contributed by atoms with van der Waals surface area (Å²) in [7, 11) is 0. The van der Waals surface area contributed by atoms with Crippen LogP contribution in [0.4, 0.5) is 4.39 Å². The van der Waals surface area contributed by atoms with Crippen molar-refractivity contribution < 1.29 is 9.18 Å². The lowest BCUT2D eigenvalue weighted by atomic mass is 10.1. The van der Waals surface area contributed by atoms with Crippen molar-refractivity contribution in [3.63, 3.8) is 0 Å². The van der Waals surface area contributed by atoms with Crippen LogP contribution in [0.15, 0.2) is 36.4 Å². The Bertz CT molecular complexity index is 604. The number of rotatable bonds is 4. The summed E-state index contributed by atoms with van der Waals surface area (Å²) < 4.78 is 15.3. The first-order valence-corrected chi connectivity index (χ1v) is 5.41. The van der Waals surface area contributed by atoms with Crippen LogP contribution in [0.25, 0.3) is 11.3 Å². The Labute approximate surface area is 104 Å². The summed E-state index contributed by atoms with van der Waals surface area (Å²) in [5.74, 6) is -0.411. The first-order chi connectivity index (χ1) is 8.63. The molecule has 0 fully saturated rings. The standard InChI is InChI=1S/C13H12FN3O/c1-9(2)7-17-13(12(8-18)15-16-17)10-5-3-4-6-11(10)14/h3-6,8H,1,7H2,2H3. The maximum absolute atomic E-state index is 13.8. The average molecular weight is 245 g/mol. The molecule has 0 aliphatic rings. The fourth-order valence-corrected chi connectivity index (χ4v) is 1.70. The summed E-state index contributed by atoms with van der Waals surface area (Å²) in [6.07, 6.45) is 0.573. The van der Waals surface area contributed by atoms with E-state index in [1.807, 2.05) is 6.92 Å². The van der Waals surface area contributed by atoms with Gasteiger partial charge in [0.1, 0.15) is 11.5 Å². The van der Waals surface area contributed by atoms with Gasteiger partial charge in [0.05, 0.1) is 6.54 Å². The lowest BCUT2D eigenvalue weighted by molar-refractivity contribution is 0.111. The minimum atomic E-state index is -0.411. The molecule has 92 valence electrons. The Kier molecular flexibility index (Phi) is 3.32. The van der Waals surface area contributed by atoms with E-state index in [0.717, 1.165) is 5.57 Å². The van der Waals surface area contributed by atoms with Crippen molar-refractivity contribution >= 4 is 6.29 Å². The average Bonchev–Trinajstić information content (AvgIpc) is 2.72. The number of aromatic nitrogens is 3. The summed E-state index contributed by atoms with van der Waals surface area (Å²) in [5, 5.41) is 7.59. The molecule has 2 rings (SSSR count). The van der Waals surface area contributed by atoms with Gasteiger partial charge in [0.25, 0.3) is 0 Å². The first kappa shape index (κ1) is 12.2. The van der Waals surface area contributed by atoms with Gasteiger partial charge in [0.2, 0.25) is 0 Å². The number of allylic oxidation sites excluding steroid dienone is 1.